The Hall–Kier alpha value is -2.43. The minimum Gasteiger partial charge on any atom is -0.478 e. The van der Waals surface area contributed by atoms with Gasteiger partial charge in [-0.25, -0.2) is 9.78 Å². The number of imidazole rings is 1. The van der Waals surface area contributed by atoms with E-state index in [1.807, 2.05) is 18.2 Å². The zero-order valence-electron chi connectivity index (χ0n) is 8.29. The molecule has 2 N–H and O–H groups in total. The van der Waals surface area contributed by atoms with E-state index in [-0.39, 0.29) is 0 Å². The first-order chi connectivity index (χ1) is 7.75. The highest BCUT2D eigenvalue weighted by molar-refractivity contribution is 5.84. The lowest BCUT2D eigenvalue weighted by Crippen LogP contribution is -1.86. The SMILES string of the molecule is O=C(O)/C=C/c1ncc(-c2ccccn2)[nH]1. The molecule has 0 aliphatic rings. The predicted molar refractivity (Wildman–Crippen MR) is 58.5 cm³/mol. The van der Waals surface area contributed by atoms with Crippen LogP contribution in [0.1, 0.15) is 5.82 Å². The summed E-state index contributed by atoms with van der Waals surface area (Å²) >= 11 is 0. The molecule has 0 unspecified atom stereocenters. The molecule has 2 aromatic heterocycles. The molecule has 0 saturated heterocycles. The Labute approximate surface area is 91.5 Å². The topological polar surface area (TPSA) is 78.9 Å². The summed E-state index contributed by atoms with van der Waals surface area (Å²) in [7, 11) is 0. The van der Waals surface area contributed by atoms with Gasteiger partial charge >= 0.3 is 5.97 Å². The Balaban J connectivity index is 2.23. The molecule has 2 rings (SSSR count). The summed E-state index contributed by atoms with van der Waals surface area (Å²) in [4.78, 5) is 21.4. The predicted octanol–water partition coefficient (Wildman–Crippen LogP) is 1.57. The van der Waals surface area contributed by atoms with Gasteiger partial charge in [0.1, 0.15) is 5.82 Å². The quantitative estimate of drug-likeness (QED) is 0.761. The molecule has 5 nitrogen and oxygen atoms in total. The second kappa shape index (κ2) is 4.39. The summed E-state index contributed by atoms with van der Waals surface area (Å²) in [5, 5.41) is 8.46. The van der Waals surface area contributed by atoms with Crippen LogP contribution in [0.4, 0.5) is 0 Å². The first-order valence-electron chi connectivity index (χ1n) is 4.63. The molecule has 0 spiro atoms. The minimum atomic E-state index is -1.00. The smallest absolute Gasteiger partial charge is 0.328 e. The van der Waals surface area contributed by atoms with Crippen molar-refractivity contribution >= 4 is 12.0 Å². The van der Waals surface area contributed by atoms with Crippen LogP contribution in [0, 0.1) is 0 Å². The van der Waals surface area contributed by atoms with Crippen molar-refractivity contribution in [1.29, 1.82) is 0 Å². The van der Waals surface area contributed by atoms with Gasteiger partial charge in [0.2, 0.25) is 0 Å². The van der Waals surface area contributed by atoms with Gasteiger partial charge in [-0.15, -0.1) is 0 Å². The fourth-order valence-electron chi connectivity index (χ4n) is 1.22. The van der Waals surface area contributed by atoms with Crippen molar-refractivity contribution in [3.05, 3.63) is 42.5 Å². The number of pyridine rings is 1. The molecular weight excluding hydrogens is 206 g/mol. The van der Waals surface area contributed by atoms with Crippen molar-refractivity contribution in [3.63, 3.8) is 0 Å². The fourth-order valence-corrected chi connectivity index (χ4v) is 1.22. The molecule has 0 aromatic carbocycles. The molecule has 80 valence electrons. The van der Waals surface area contributed by atoms with Crippen LogP contribution >= 0.6 is 0 Å². The highest BCUT2D eigenvalue weighted by Gasteiger charge is 2.01. The maximum absolute atomic E-state index is 10.3. The number of hydrogen-bond acceptors (Lipinski definition) is 3. The van der Waals surface area contributed by atoms with E-state index in [4.69, 9.17) is 5.11 Å². The fraction of sp³-hybridized carbons (Fsp3) is 0. The monoisotopic (exact) mass is 215 g/mol. The van der Waals surface area contributed by atoms with Gasteiger partial charge in [0.25, 0.3) is 0 Å². The van der Waals surface area contributed by atoms with E-state index in [9.17, 15) is 4.79 Å². The van der Waals surface area contributed by atoms with Gasteiger partial charge in [-0.3, -0.25) is 4.98 Å². The second-order valence-corrected chi connectivity index (χ2v) is 3.07. The second-order valence-electron chi connectivity index (χ2n) is 3.07. The zero-order valence-corrected chi connectivity index (χ0v) is 8.29. The molecule has 0 amide bonds. The van der Waals surface area contributed by atoms with Gasteiger partial charge < -0.3 is 10.1 Å². The van der Waals surface area contributed by atoms with Gasteiger partial charge in [-0.2, -0.15) is 0 Å². The Morgan fingerprint density at radius 3 is 2.94 bits per heavy atom. The molecule has 2 heterocycles. The molecular formula is C11H9N3O2. The zero-order chi connectivity index (χ0) is 11.4. The number of carboxylic acid groups (broad SMARTS) is 1. The lowest BCUT2D eigenvalue weighted by molar-refractivity contribution is -0.131. The summed E-state index contributed by atoms with van der Waals surface area (Å²) in [6.07, 6.45) is 5.72. The Morgan fingerprint density at radius 2 is 2.25 bits per heavy atom. The van der Waals surface area contributed by atoms with Gasteiger partial charge in [0, 0.05) is 12.3 Å². The summed E-state index contributed by atoms with van der Waals surface area (Å²) in [6, 6.07) is 5.54. The standard InChI is InChI=1S/C11H9N3O2/c15-11(16)5-4-10-13-7-9(14-10)8-3-1-2-6-12-8/h1-7H,(H,13,14)(H,15,16)/b5-4+. The van der Waals surface area contributed by atoms with Crippen LogP contribution in [-0.4, -0.2) is 26.0 Å². The molecule has 0 aliphatic heterocycles. The van der Waals surface area contributed by atoms with Gasteiger partial charge in [-0.05, 0) is 18.2 Å². The van der Waals surface area contributed by atoms with E-state index in [1.54, 1.807) is 12.4 Å². The van der Waals surface area contributed by atoms with Crippen LogP contribution in [0.2, 0.25) is 0 Å². The summed E-state index contributed by atoms with van der Waals surface area (Å²) in [5.41, 5.74) is 1.52. The highest BCUT2D eigenvalue weighted by Crippen LogP contribution is 2.13. The van der Waals surface area contributed by atoms with E-state index in [1.165, 1.54) is 6.08 Å². The number of carboxylic acids is 1. The van der Waals surface area contributed by atoms with Crippen molar-refractivity contribution in [1.82, 2.24) is 15.0 Å². The van der Waals surface area contributed by atoms with Crippen molar-refractivity contribution in [2.45, 2.75) is 0 Å². The average molecular weight is 215 g/mol. The van der Waals surface area contributed by atoms with Gasteiger partial charge in [0.05, 0.1) is 17.6 Å². The van der Waals surface area contributed by atoms with Gasteiger partial charge in [0.15, 0.2) is 0 Å². The first kappa shape index (κ1) is 10.1. The molecule has 0 aliphatic carbocycles. The number of aromatic nitrogens is 3. The largest absolute Gasteiger partial charge is 0.478 e. The lowest BCUT2D eigenvalue weighted by Gasteiger charge is -1.93. The molecule has 0 bridgehead atoms. The van der Waals surface area contributed by atoms with Crippen LogP contribution in [0.25, 0.3) is 17.5 Å². The van der Waals surface area contributed by atoms with Crippen LogP contribution in [0.15, 0.2) is 36.7 Å². The average Bonchev–Trinajstić information content (AvgIpc) is 2.76. The molecule has 0 atom stereocenters. The molecule has 0 fully saturated rings. The third-order valence-corrected chi connectivity index (χ3v) is 1.92. The summed E-state index contributed by atoms with van der Waals surface area (Å²) in [5.74, 6) is -0.515. The number of nitrogens with one attached hydrogen (secondary N) is 1. The lowest BCUT2D eigenvalue weighted by atomic mass is 10.3. The number of rotatable bonds is 3. The summed E-state index contributed by atoms with van der Waals surface area (Å²) in [6.45, 7) is 0. The third-order valence-electron chi connectivity index (χ3n) is 1.92. The minimum absolute atomic E-state index is 0.489. The van der Waals surface area contributed by atoms with E-state index in [2.05, 4.69) is 15.0 Å². The number of nitrogens with zero attached hydrogens (tertiary/aromatic N) is 2. The first-order valence-corrected chi connectivity index (χ1v) is 4.63. The third kappa shape index (κ3) is 2.33. The van der Waals surface area contributed by atoms with Crippen molar-refractivity contribution in [3.8, 4) is 11.4 Å². The molecule has 2 aromatic rings. The summed E-state index contributed by atoms with van der Waals surface area (Å²) < 4.78 is 0. The van der Waals surface area contributed by atoms with Crippen molar-refractivity contribution in [2.75, 3.05) is 0 Å². The molecule has 0 radical (unpaired) electrons. The van der Waals surface area contributed by atoms with Crippen LogP contribution in [0.3, 0.4) is 0 Å². The van der Waals surface area contributed by atoms with E-state index in [0.717, 1.165) is 17.5 Å². The van der Waals surface area contributed by atoms with Gasteiger partial charge in [-0.1, -0.05) is 6.07 Å². The Bertz CT molecular complexity index is 517. The van der Waals surface area contributed by atoms with Crippen LogP contribution in [0.5, 0.6) is 0 Å². The van der Waals surface area contributed by atoms with E-state index in [0.29, 0.717) is 5.82 Å². The number of aromatic amines is 1. The molecule has 16 heavy (non-hydrogen) atoms. The number of hydrogen-bond donors (Lipinski definition) is 2. The van der Waals surface area contributed by atoms with E-state index >= 15 is 0 Å². The Morgan fingerprint density at radius 1 is 1.38 bits per heavy atom. The maximum Gasteiger partial charge on any atom is 0.328 e. The number of H-pyrrole nitrogens is 1. The van der Waals surface area contributed by atoms with Crippen LogP contribution in [-0.2, 0) is 4.79 Å². The number of carbonyl (C=O) groups is 1. The molecule has 5 heteroatoms. The van der Waals surface area contributed by atoms with Crippen molar-refractivity contribution in [2.24, 2.45) is 0 Å². The highest BCUT2D eigenvalue weighted by atomic mass is 16.4. The maximum atomic E-state index is 10.3. The van der Waals surface area contributed by atoms with Crippen molar-refractivity contribution < 1.29 is 9.90 Å². The van der Waals surface area contributed by atoms with E-state index < -0.39 is 5.97 Å². The Kier molecular flexibility index (Phi) is 2.77. The molecule has 0 saturated carbocycles. The number of aliphatic carboxylic acids is 1. The normalized spacial score (nSPS) is 10.8. The van der Waals surface area contributed by atoms with Crippen LogP contribution < -0.4 is 0 Å².